The van der Waals surface area contributed by atoms with E-state index in [0.29, 0.717) is 42.4 Å². The van der Waals surface area contributed by atoms with Gasteiger partial charge in [0.05, 0.1) is 11.5 Å². The Hall–Kier alpha value is -4.56. The quantitative estimate of drug-likeness (QED) is 0.346. The maximum atomic E-state index is 13.0. The molecule has 1 aromatic heterocycles. The van der Waals surface area contributed by atoms with Gasteiger partial charge in [-0.3, -0.25) is 9.59 Å². The van der Waals surface area contributed by atoms with Gasteiger partial charge in [-0.25, -0.2) is 0 Å². The lowest BCUT2D eigenvalue weighted by Crippen LogP contribution is -2.44. The second-order valence-electron chi connectivity index (χ2n) is 12.5. The van der Waals surface area contributed by atoms with Crippen molar-refractivity contribution in [3.8, 4) is 6.07 Å². The van der Waals surface area contributed by atoms with Crippen molar-refractivity contribution < 1.29 is 9.59 Å². The fraction of sp³-hybridized carbons (Fsp3) is 0.455. The van der Waals surface area contributed by atoms with Gasteiger partial charge in [-0.15, -0.1) is 10.2 Å². The molecular weight excluding hydrogens is 554 g/mol. The fourth-order valence-electron chi connectivity index (χ4n) is 6.52. The van der Waals surface area contributed by atoms with Gasteiger partial charge in [0.25, 0.3) is 11.8 Å². The summed E-state index contributed by atoms with van der Waals surface area (Å²) in [5, 5.41) is 28.9. The van der Waals surface area contributed by atoms with Gasteiger partial charge in [-0.2, -0.15) is 10.5 Å². The van der Waals surface area contributed by atoms with Crippen molar-refractivity contribution in [2.24, 2.45) is 0 Å². The lowest BCUT2D eigenvalue weighted by atomic mass is 9.62. The summed E-state index contributed by atoms with van der Waals surface area (Å²) >= 11 is 0. The SMILES string of the molecule is C=C(CN[C@@H](C)CC1(c2nn[nH]n2)c2ccc(C(=O)N(C)C)cc2Cc2cc(C(=O)N(C)C)ccc21)N(C(C)C#N)C1CC1. The summed E-state index contributed by atoms with van der Waals surface area (Å²) in [6.07, 6.45) is 3.27. The van der Waals surface area contributed by atoms with Gasteiger partial charge in [0.1, 0.15) is 6.04 Å². The topological polar surface area (TPSA) is 134 Å². The highest BCUT2D eigenvalue weighted by atomic mass is 16.2. The normalized spacial score (nSPS) is 16.1. The molecule has 2 amide bonds. The third kappa shape index (κ3) is 5.69. The van der Waals surface area contributed by atoms with Gasteiger partial charge in [0, 0.05) is 63.6 Å². The molecule has 1 fully saturated rings. The van der Waals surface area contributed by atoms with Crippen molar-refractivity contribution in [2.45, 2.75) is 63.1 Å². The molecule has 3 aromatic rings. The molecule has 11 heteroatoms. The minimum Gasteiger partial charge on any atom is -0.356 e. The minimum atomic E-state index is -0.820. The number of carbonyl (C=O) groups excluding carboxylic acids is 2. The first kappa shape index (κ1) is 30.9. The number of nitriles is 1. The van der Waals surface area contributed by atoms with Crippen LogP contribution in [0, 0.1) is 11.3 Å². The Kier molecular flexibility index (Phi) is 8.57. The molecule has 0 bridgehead atoms. The first-order valence-electron chi connectivity index (χ1n) is 15.0. The fourth-order valence-corrected chi connectivity index (χ4v) is 6.52. The van der Waals surface area contributed by atoms with Crippen LogP contribution in [0.2, 0.25) is 0 Å². The zero-order valence-electron chi connectivity index (χ0n) is 26.4. The molecule has 0 spiro atoms. The minimum absolute atomic E-state index is 0.0475. The molecule has 2 N–H and O–H groups in total. The maximum Gasteiger partial charge on any atom is 0.253 e. The summed E-state index contributed by atoms with van der Waals surface area (Å²) in [6.45, 7) is 8.88. The van der Waals surface area contributed by atoms with Crippen LogP contribution in [-0.4, -0.2) is 100.0 Å². The molecule has 2 aromatic carbocycles. The van der Waals surface area contributed by atoms with Crippen molar-refractivity contribution in [1.82, 2.24) is 40.6 Å². The molecular formula is C33H41N9O2. The first-order valence-corrected chi connectivity index (χ1v) is 15.0. The Bertz CT molecular complexity index is 1530. The number of carbonyl (C=O) groups is 2. The Labute approximate surface area is 258 Å². The molecule has 2 aliphatic carbocycles. The number of hydrogen-bond acceptors (Lipinski definition) is 8. The van der Waals surface area contributed by atoms with Gasteiger partial charge < -0.3 is 20.0 Å². The van der Waals surface area contributed by atoms with E-state index >= 15 is 0 Å². The van der Waals surface area contributed by atoms with E-state index in [-0.39, 0.29) is 23.9 Å². The molecule has 1 unspecified atom stereocenters. The molecule has 1 heterocycles. The van der Waals surface area contributed by atoms with Crippen LogP contribution in [0.5, 0.6) is 0 Å². The number of nitrogens with zero attached hydrogens (tertiary/aromatic N) is 7. The van der Waals surface area contributed by atoms with Crippen LogP contribution < -0.4 is 5.32 Å². The summed E-state index contributed by atoms with van der Waals surface area (Å²) in [4.78, 5) is 31.2. The Morgan fingerprint density at radius 2 is 1.61 bits per heavy atom. The summed E-state index contributed by atoms with van der Waals surface area (Å²) in [5.41, 5.74) is 5.21. The summed E-state index contributed by atoms with van der Waals surface area (Å²) in [6, 6.07) is 14.1. The Morgan fingerprint density at radius 1 is 1.05 bits per heavy atom. The van der Waals surface area contributed by atoms with E-state index in [0.717, 1.165) is 40.8 Å². The number of fused-ring (bicyclic) bond motifs is 2. The van der Waals surface area contributed by atoms with Crippen molar-refractivity contribution in [2.75, 3.05) is 34.7 Å². The van der Waals surface area contributed by atoms with Crippen molar-refractivity contribution >= 4 is 11.8 Å². The third-order valence-corrected chi connectivity index (χ3v) is 8.72. The van der Waals surface area contributed by atoms with E-state index in [9.17, 15) is 14.9 Å². The maximum absolute atomic E-state index is 13.0. The lowest BCUT2D eigenvalue weighted by molar-refractivity contribution is 0.0820. The zero-order valence-corrected chi connectivity index (χ0v) is 26.4. The second kappa shape index (κ2) is 12.2. The monoisotopic (exact) mass is 595 g/mol. The van der Waals surface area contributed by atoms with Crippen LogP contribution >= 0.6 is 0 Å². The first-order chi connectivity index (χ1) is 21.0. The second-order valence-corrected chi connectivity index (χ2v) is 12.5. The van der Waals surface area contributed by atoms with Crippen LogP contribution in [0.25, 0.3) is 0 Å². The molecule has 230 valence electrons. The molecule has 0 radical (unpaired) electrons. The predicted octanol–water partition coefficient (Wildman–Crippen LogP) is 3.10. The van der Waals surface area contributed by atoms with Crippen LogP contribution in [0.4, 0.5) is 0 Å². The van der Waals surface area contributed by atoms with Gasteiger partial charge in [-0.1, -0.05) is 23.9 Å². The van der Waals surface area contributed by atoms with E-state index in [2.05, 4.69) is 50.4 Å². The number of nitrogens with one attached hydrogen (secondary N) is 2. The van der Waals surface area contributed by atoms with Gasteiger partial charge in [0.2, 0.25) is 0 Å². The standard InChI is InChI=1S/C33H41N9O2/c1-20(35-19-22(3)42(21(2)18-34)27-10-11-27)17-33(32-36-38-39-37-32)28-12-8-23(30(43)40(4)5)14-25(28)16-26-15-24(9-13-29(26)33)31(44)41(6)7/h8-9,12-15,20-21,27,35H,3,10-11,16-17,19H2,1-2,4-7H3,(H,36,37,38,39)/t20-,21?/m0/s1. The van der Waals surface area contributed by atoms with Crippen molar-refractivity contribution in [3.05, 3.63) is 87.9 Å². The number of aromatic amines is 1. The number of rotatable bonds is 11. The smallest absolute Gasteiger partial charge is 0.253 e. The molecule has 11 nitrogen and oxygen atoms in total. The number of H-pyrrole nitrogens is 1. The molecule has 0 aliphatic heterocycles. The van der Waals surface area contributed by atoms with E-state index in [1.807, 2.05) is 43.3 Å². The van der Waals surface area contributed by atoms with Crippen LogP contribution in [0.3, 0.4) is 0 Å². The van der Waals surface area contributed by atoms with Crippen molar-refractivity contribution in [1.29, 1.82) is 5.26 Å². The number of hydrogen-bond donors (Lipinski definition) is 2. The van der Waals surface area contributed by atoms with E-state index in [4.69, 9.17) is 0 Å². The molecule has 5 rings (SSSR count). The predicted molar refractivity (Wildman–Crippen MR) is 167 cm³/mol. The van der Waals surface area contributed by atoms with Gasteiger partial charge in [0.15, 0.2) is 5.82 Å². The van der Waals surface area contributed by atoms with Crippen LogP contribution in [0.15, 0.2) is 48.7 Å². The van der Waals surface area contributed by atoms with Crippen LogP contribution in [0.1, 0.15) is 81.9 Å². The molecule has 2 atom stereocenters. The average molecular weight is 596 g/mol. The highest BCUT2D eigenvalue weighted by Gasteiger charge is 2.47. The van der Waals surface area contributed by atoms with Gasteiger partial charge >= 0.3 is 0 Å². The number of amides is 2. The summed E-state index contributed by atoms with van der Waals surface area (Å²) in [5.74, 6) is 0.351. The highest BCUT2D eigenvalue weighted by molar-refractivity contribution is 5.95. The van der Waals surface area contributed by atoms with Crippen LogP contribution in [-0.2, 0) is 11.8 Å². The number of aromatic nitrogens is 4. The number of tetrazole rings is 1. The molecule has 44 heavy (non-hydrogen) atoms. The third-order valence-electron chi connectivity index (χ3n) is 8.72. The number of benzene rings is 2. The van der Waals surface area contributed by atoms with E-state index in [1.165, 1.54) is 0 Å². The largest absolute Gasteiger partial charge is 0.356 e. The molecule has 0 saturated heterocycles. The molecule has 2 aliphatic rings. The van der Waals surface area contributed by atoms with E-state index in [1.54, 1.807) is 38.0 Å². The average Bonchev–Trinajstić information content (AvgIpc) is 3.68. The van der Waals surface area contributed by atoms with Gasteiger partial charge in [-0.05, 0) is 86.1 Å². The Balaban J connectivity index is 1.58. The lowest BCUT2D eigenvalue weighted by Gasteiger charge is -2.41. The zero-order chi connectivity index (χ0) is 31.8. The van der Waals surface area contributed by atoms with E-state index < -0.39 is 5.41 Å². The summed E-state index contributed by atoms with van der Waals surface area (Å²) in [7, 11) is 6.96. The molecule has 1 saturated carbocycles. The Morgan fingerprint density at radius 3 is 2.07 bits per heavy atom. The van der Waals surface area contributed by atoms with Crippen molar-refractivity contribution in [3.63, 3.8) is 0 Å². The highest BCUT2D eigenvalue weighted by Crippen LogP contribution is 2.48. The summed E-state index contributed by atoms with van der Waals surface area (Å²) < 4.78 is 0.